The third-order valence-corrected chi connectivity index (χ3v) is 1.77. The molecule has 0 aliphatic heterocycles. The Morgan fingerprint density at radius 1 is 1.42 bits per heavy atom. The van der Waals surface area contributed by atoms with Gasteiger partial charge in [0.25, 0.3) is 5.92 Å². The van der Waals surface area contributed by atoms with Crippen LogP contribution in [-0.2, 0) is 14.3 Å². The summed E-state index contributed by atoms with van der Waals surface area (Å²) in [5.74, 6) is -10.0. The first-order chi connectivity index (χ1) is 5.42. The molecule has 0 saturated heterocycles. The second-order valence-electron chi connectivity index (χ2n) is 2.49. The van der Waals surface area contributed by atoms with Crippen LogP contribution in [0.3, 0.4) is 0 Å². The van der Waals surface area contributed by atoms with E-state index in [0.717, 1.165) is 7.11 Å². The van der Waals surface area contributed by atoms with Crippen LogP contribution >= 0.6 is 0 Å². The number of methoxy groups -OCH3 is 1. The molecule has 0 spiro atoms. The molecule has 0 aromatic heterocycles. The monoisotopic (exact) mass is 180 g/mol. The SMILES string of the molecule is COC(=O)[C@H]1[C@@H](C(=O)O)C1(F)F. The van der Waals surface area contributed by atoms with E-state index in [2.05, 4.69) is 4.74 Å². The maximum absolute atomic E-state index is 12.5. The molecule has 1 rings (SSSR count). The van der Waals surface area contributed by atoms with Crippen LogP contribution in [0.25, 0.3) is 0 Å². The van der Waals surface area contributed by atoms with E-state index in [9.17, 15) is 18.4 Å². The predicted octanol–water partition coefficient (Wildman–Crippen LogP) is 0.125. The minimum atomic E-state index is -3.45. The van der Waals surface area contributed by atoms with Gasteiger partial charge in [0, 0.05) is 0 Å². The molecule has 4 nitrogen and oxygen atoms in total. The van der Waals surface area contributed by atoms with Gasteiger partial charge in [0.1, 0.15) is 11.8 Å². The van der Waals surface area contributed by atoms with Crippen LogP contribution in [0.15, 0.2) is 0 Å². The molecule has 0 heterocycles. The van der Waals surface area contributed by atoms with Gasteiger partial charge in [0.15, 0.2) is 0 Å². The average Bonchev–Trinajstić information content (AvgIpc) is 2.52. The van der Waals surface area contributed by atoms with Crippen molar-refractivity contribution in [1.29, 1.82) is 0 Å². The van der Waals surface area contributed by atoms with E-state index in [1.165, 1.54) is 0 Å². The van der Waals surface area contributed by atoms with E-state index in [0.29, 0.717) is 0 Å². The minimum Gasteiger partial charge on any atom is -0.481 e. The lowest BCUT2D eigenvalue weighted by atomic mass is 10.3. The van der Waals surface area contributed by atoms with Gasteiger partial charge in [-0.25, -0.2) is 8.78 Å². The molecule has 0 aromatic carbocycles. The lowest BCUT2D eigenvalue weighted by molar-refractivity contribution is -0.146. The number of carbonyl (C=O) groups is 2. The van der Waals surface area contributed by atoms with Crippen LogP contribution in [0.1, 0.15) is 0 Å². The topological polar surface area (TPSA) is 63.6 Å². The Bertz CT molecular complexity index is 238. The van der Waals surface area contributed by atoms with Gasteiger partial charge in [-0.05, 0) is 0 Å². The van der Waals surface area contributed by atoms with Gasteiger partial charge in [-0.1, -0.05) is 0 Å². The third-order valence-electron chi connectivity index (χ3n) is 1.77. The first-order valence-electron chi connectivity index (χ1n) is 3.11. The highest BCUT2D eigenvalue weighted by molar-refractivity contribution is 5.89. The van der Waals surface area contributed by atoms with Gasteiger partial charge in [0.2, 0.25) is 0 Å². The Morgan fingerprint density at radius 2 is 1.92 bits per heavy atom. The van der Waals surface area contributed by atoms with E-state index >= 15 is 0 Å². The van der Waals surface area contributed by atoms with Gasteiger partial charge in [-0.3, -0.25) is 9.59 Å². The Labute approximate surface area is 66.1 Å². The molecule has 0 radical (unpaired) electrons. The number of carbonyl (C=O) groups excluding carboxylic acids is 1. The summed E-state index contributed by atoms with van der Waals surface area (Å²) >= 11 is 0. The first kappa shape index (κ1) is 8.89. The molecule has 2 atom stereocenters. The molecule has 0 amide bonds. The number of carboxylic acids is 1. The van der Waals surface area contributed by atoms with E-state index in [-0.39, 0.29) is 0 Å². The molecule has 6 heteroatoms. The molecule has 1 aliphatic rings. The van der Waals surface area contributed by atoms with Crippen molar-refractivity contribution in [2.45, 2.75) is 5.92 Å². The van der Waals surface area contributed by atoms with E-state index in [4.69, 9.17) is 5.11 Å². The Hall–Kier alpha value is -1.20. The molecule has 68 valence electrons. The first-order valence-corrected chi connectivity index (χ1v) is 3.11. The van der Waals surface area contributed by atoms with Crippen molar-refractivity contribution in [2.75, 3.05) is 7.11 Å². The number of esters is 1. The summed E-state index contributed by atoms with van der Waals surface area (Å²) in [4.78, 5) is 20.7. The normalized spacial score (nSPS) is 30.9. The standard InChI is InChI=1S/C6H6F2O4/c1-12-5(11)3-2(4(9)10)6(3,7)8/h2-3H,1H3,(H,9,10)/t2-,3+/m0/s1. The summed E-state index contributed by atoms with van der Waals surface area (Å²) < 4.78 is 28.9. The second kappa shape index (κ2) is 2.40. The van der Waals surface area contributed by atoms with Crippen molar-refractivity contribution in [1.82, 2.24) is 0 Å². The largest absolute Gasteiger partial charge is 0.481 e. The molecule has 1 saturated carbocycles. The smallest absolute Gasteiger partial charge is 0.315 e. The number of rotatable bonds is 2. The fraction of sp³-hybridized carbons (Fsp3) is 0.667. The lowest BCUT2D eigenvalue weighted by Gasteiger charge is -1.93. The summed E-state index contributed by atoms with van der Waals surface area (Å²) in [6.07, 6.45) is 0. The summed E-state index contributed by atoms with van der Waals surface area (Å²) in [5.41, 5.74) is 0. The van der Waals surface area contributed by atoms with Gasteiger partial charge in [0.05, 0.1) is 7.11 Å². The number of carboxylic acid groups (broad SMARTS) is 1. The quantitative estimate of drug-likeness (QED) is 0.613. The van der Waals surface area contributed by atoms with Crippen LogP contribution < -0.4 is 0 Å². The molecule has 0 aromatic rings. The number of halogens is 2. The number of aliphatic carboxylic acids is 1. The summed E-state index contributed by atoms with van der Waals surface area (Å²) in [7, 11) is 0.940. The Morgan fingerprint density at radius 3 is 2.17 bits per heavy atom. The van der Waals surface area contributed by atoms with Crippen molar-refractivity contribution in [2.24, 2.45) is 11.8 Å². The molecule has 1 aliphatic carbocycles. The zero-order valence-corrected chi connectivity index (χ0v) is 6.08. The van der Waals surface area contributed by atoms with Crippen LogP contribution in [-0.4, -0.2) is 30.1 Å². The molecule has 1 N–H and O–H groups in total. The van der Waals surface area contributed by atoms with Gasteiger partial charge >= 0.3 is 11.9 Å². The van der Waals surface area contributed by atoms with Crippen molar-refractivity contribution >= 4 is 11.9 Å². The lowest BCUT2D eigenvalue weighted by Crippen LogP contribution is -2.09. The van der Waals surface area contributed by atoms with Gasteiger partial charge < -0.3 is 9.84 Å². The zero-order valence-electron chi connectivity index (χ0n) is 6.08. The third kappa shape index (κ3) is 1.03. The van der Waals surface area contributed by atoms with Crippen LogP contribution in [0.5, 0.6) is 0 Å². The van der Waals surface area contributed by atoms with Gasteiger partial charge in [-0.15, -0.1) is 0 Å². The average molecular weight is 180 g/mol. The predicted molar refractivity (Wildman–Crippen MR) is 31.6 cm³/mol. The number of hydrogen-bond donors (Lipinski definition) is 1. The van der Waals surface area contributed by atoms with Crippen molar-refractivity contribution < 1.29 is 28.2 Å². The van der Waals surface area contributed by atoms with Crippen LogP contribution in [0.4, 0.5) is 8.78 Å². The molecular weight excluding hydrogens is 174 g/mol. The van der Waals surface area contributed by atoms with Crippen molar-refractivity contribution in [3.05, 3.63) is 0 Å². The van der Waals surface area contributed by atoms with Gasteiger partial charge in [-0.2, -0.15) is 0 Å². The Kier molecular flexibility index (Phi) is 1.78. The number of alkyl halides is 2. The van der Waals surface area contributed by atoms with E-state index < -0.39 is 29.7 Å². The van der Waals surface area contributed by atoms with Crippen molar-refractivity contribution in [3.63, 3.8) is 0 Å². The number of hydrogen-bond acceptors (Lipinski definition) is 3. The highest BCUT2D eigenvalue weighted by atomic mass is 19.3. The summed E-state index contributed by atoms with van der Waals surface area (Å²) in [6.45, 7) is 0. The van der Waals surface area contributed by atoms with Crippen LogP contribution in [0.2, 0.25) is 0 Å². The minimum absolute atomic E-state index is 0.940. The maximum Gasteiger partial charge on any atom is 0.315 e. The van der Waals surface area contributed by atoms with E-state index in [1.807, 2.05) is 0 Å². The highest BCUT2D eigenvalue weighted by Crippen LogP contribution is 2.55. The second-order valence-corrected chi connectivity index (χ2v) is 2.49. The zero-order chi connectivity index (χ0) is 9.52. The molecule has 0 unspecified atom stereocenters. The summed E-state index contributed by atoms with van der Waals surface area (Å²) in [5, 5.41) is 8.22. The van der Waals surface area contributed by atoms with E-state index in [1.54, 1.807) is 0 Å². The molecule has 1 fully saturated rings. The van der Waals surface area contributed by atoms with Crippen molar-refractivity contribution in [3.8, 4) is 0 Å². The maximum atomic E-state index is 12.5. The molecular formula is C6H6F2O4. The fourth-order valence-corrected chi connectivity index (χ4v) is 1.05. The highest BCUT2D eigenvalue weighted by Gasteiger charge is 2.76. The Balaban J connectivity index is 2.73. The summed E-state index contributed by atoms with van der Waals surface area (Å²) in [6, 6.07) is 0. The molecule has 12 heavy (non-hydrogen) atoms. The number of ether oxygens (including phenoxy) is 1. The molecule has 0 bridgehead atoms. The fourth-order valence-electron chi connectivity index (χ4n) is 1.05. The van der Waals surface area contributed by atoms with Crippen LogP contribution in [0, 0.1) is 11.8 Å².